The van der Waals surface area contributed by atoms with E-state index < -0.39 is 11.5 Å². The molecule has 8 nitrogen and oxygen atoms in total. The Morgan fingerprint density at radius 3 is 2.48 bits per heavy atom. The van der Waals surface area contributed by atoms with Crippen LogP contribution in [0, 0.1) is 0 Å². The highest BCUT2D eigenvalue weighted by atomic mass is 35.5. The van der Waals surface area contributed by atoms with Gasteiger partial charge >= 0.3 is 0 Å². The van der Waals surface area contributed by atoms with E-state index in [2.05, 4.69) is 21.3 Å². The lowest BCUT2D eigenvalue weighted by Crippen LogP contribution is -2.84. The molecule has 4 saturated carbocycles. The number of hydrogen-bond acceptors (Lipinski definition) is 5. The van der Waals surface area contributed by atoms with Gasteiger partial charge in [0.15, 0.2) is 0 Å². The smallest absolute Gasteiger partial charge is 0.246 e. The zero-order valence-corrected chi connectivity index (χ0v) is 18.6. The number of hydrogen-bond donors (Lipinski definition) is 4. The van der Waals surface area contributed by atoms with Crippen molar-refractivity contribution in [2.24, 2.45) is 0 Å². The summed E-state index contributed by atoms with van der Waals surface area (Å²) in [5, 5.41) is 11.7. The molecule has 5 unspecified atom stereocenters. The van der Waals surface area contributed by atoms with Gasteiger partial charge in [-0.3, -0.25) is 19.7 Å². The second-order valence-corrected chi connectivity index (χ2v) is 10.4. The van der Waals surface area contributed by atoms with E-state index >= 15 is 0 Å². The van der Waals surface area contributed by atoms with Crippen molar-refractivity contribution in [3.8, 4) is 0 Å². The van der Waals surface area contributed by atoms with Gasteiger partial charge < -0.3 is 20.7 Å². The van der Waals surface area contributed by atoms with Gasteiger partial charge in [0.25, 0.3) is 0 Å². The van der Waals surface area contributed by atoms with Crippen LogP contribution in [0.3, 0.4) is 0 Å². The molecule has 10 heteroatoms. The summed E-state index contributed by atoms with van der Waals surface area (Å²) in [4.78, 5) is 36.2. The van der Waals surface area contributed by atoms with E-state index in [9.17, 15) is 18.8 Å². The van der Waals surface area contributed by atoms with Gasteiger partial charge in [-0.25, -0.2) is 4.39 Å². The molecule has 3 amide bonds. The normalized spacial score (nSPS) is 41.3. The average Bonchev–Trinajstić information content (AvgIpc) is 2.66. The summed E-state index contributed by atoms with van der Waals surface area (Å²) >= 11 is 5.88. The molecule has 0 aromatic heterocycles. The Morgan fingerprint density at radius 1 is 1.10 bits per heavy atom. The third-order valence-corrected chi connectivity index (χ3v) is 7.49. The molecule has 0 radical (unpaired) electrons. The van der Waals surface area contributed by atoms with Crippen molar-refractivity contribution in [1.82, 2.24) is 21.3 Å². The number of rotatable bonds is 7. The fourth-order valence-electron chi connectivity index (χ4n) is 5.62. The van der Waals surface area contributed by atoms with Crippen molar-refractivity contribution in [3.05, 3.63) is 0 Å². The van der Waals surface area contributed by atoms with Gasteiger partial charge in [0.1, 0.15) is 12.8 Å². The van der Waals surface area contributed by atoms with Crippen LogP contribution >= 0.6 is 11.6 Å². The largest absolute Gasteiger partial charge is 0.368 e. The molecule has 2 bridgehead atoms. The highest BCUT2D eigenvalue weighted by Crippen LogP contribution is 2.60. The molecule has 0 aromatic carbocycles. The molecule has 31 heavy (non-hydrogen) atoms. The first-order chi connectivity index (χ1) is 14.7. The molecule has 4 aliphatic carbocycles. The van der Waals surface area contributed by atoms with Crippen LogP contribution in [0.15, 0.2) is 0 Å². The third kappa shape index (κ3) is 5.14. The third-order valence-electron chi connectivity index (χ3n) is 7.00. The van der Waals surface area contributed by atoms with Gasteiger partial charge in [0.2, 0.25) is 17.7 Å². The minimum atomic E-state index is -1.09. The van der Waals surface area contributed by atoms with Crippen molar-refractivity contribution in [3.63, 3.8) is 0 Å². The fraction of sp³-hybridized carbons (Fsp3) is 0.857. The second kappa shape index (κ2) is 8.83. The Bertz CT molecular complexity index is 718. The standard InChI is InChI=1S/C21H32ClFN4O4/c1-12(28)24-17-4-2-3-16(25-17)19(30)27-21-9-20(10-21,11-21)26-18(29)8-31-13-5-6-14(22)15(23)7-13/h13-17,25H,2-11H2,1H3,(H,24,28)(H,26,29)(H,27,30). The lowest BCUT2D eigenvalue weighted by atomic mass is 9.44. The van der Waals surface area contributed by atoms with Gasteiger partial charge in [-0.2, -0.15) is 0 Å². The summed E-state index contributed by atoms with van der Waals surface area (Å²) in [7, 11) is 0. The fourth-order valence-corrected chi connectivity index (χ4v) is 5.85. The monoisotopic (exact) mass is 458 g/mol. The lowest BCUT2D eigenvalue weighted by molar-refractivity contribution is -0.154. The quantitative estimate of drug-likeness (QED) is 0.426. The molecule has 0 spiro atoms. The first-order valence-corrected chi connectivity index (χ1v) is 11.7. The molecule has 1 aliphatic heterocycles. The number of halogens is 2. The molecule has 174 valence electrons. The number of piperidine rings is 1. The van der Waals surface area contributed by atoms with Crippen molar-refractivity contribution >= 4 is 29.3 Å². The summed E-state index contributed by atoms with van der Waals surface area (Å²) in [5.74, 6) is -0.361. The SMILES string of the molecule is CC(=O)NC1CCCC(C(=O)NC23CC(NC(=O)COC4CCC(Cl)C(F)C4)(C2)C3)N1. The molecule has 1 saturated heterocycles. The van der Waals surface area contributed by atoms with Crippen LogP contribution < -0.4 is 21.3 Å². The summed E-state index contributed by atoms with van der Waals surface area (Å²) in [6, 6.07) is -0.319. The Morgan fingerprint density at radius 2 is 1.81 bits per heavy atom. The number of carbonyl (C=O) groups is 3. The molecule has 5 rings (SSSR count). The van der Waals surface area contributed by atoms with Crippen LogP contribution in [0.5, 0.6) is 0 Å². The van der Waals surface area contributed by atoms with Crippen molar-refractivity contribution in [2.45, 2.75) is 106 Å². The topological polar surface area (TPSA) is 109 Å². The molecule has 5 atom stereocenters. The van der Waals surface area contributed by atoms with Gasteiger partial charge in [0.05, 0.1) is 23.7 Å². The minimum absolute atomic E-state index is 0.0475. The highest BCUT2D eigenvalue weighted by molar-refractivity contribution is 6.21. The van der Waals surface area contributed by atoms with Gasteiger partial charge in [-0.15, -0.1) is 11.6 Å². The van der Waals surface area contributed by atoms with E-state index in [1.807, 2.05) is 0 Å². The zero-order chi connectivity index (χ0) is 22.2. The number of alkyl halides is 2. The van der Waals surface area contributed by atoms with Crippen molar-refractivity contribution < 1.29 is 23.5 Å². The van der Waals surface area contributed by atoms with E-state index in [1.54, 1.807) is 0 Å². The van der Waals surface area contributed by atoms with E-state index in [4.69, 9.17) is 16.3 Å². The maximum Gasteiger partial charge on any atom is 0.246 e. The van der Waals surface area contributed by atoms with Crippen molar-refractivity contribution in [2.75, 3.05) is 6.61 Å². The molecule has 1 heterocycles. The van der Waals surface area contributed by atoms with Gasteiger partial charge in [0, 0.05) is 24.4 Å². The van der Waals surface area contributed by atoms with E-state index in [0.717, 1.165) is 19.3 Å². The molecular weight excluding hydrogens is 427 g/mol. The van der Waals surface area contributed by atoms with E-state index in [0.29, 0.717) is 32.1 Å². The second-order valence-electron chi connectivity index (χ2n) is 9.81. The molecule has 5 fully saturated rings. The number of ether oxygens (including phenoxy) is 1. The summed E-state index contributed by atoms with van der Waals surface area (Å²) in [6.07, 6.45) is 4.49. The van der Waals surface area contributed by atoms with Crippen LogP contribution in [-0.4, -0.2) is 65.3 Å². The van der Waals surface area contributed by atoms with E-state index in [-0.39, 0.29) is 60.1 Å². The Hall–Kier alpha value is -1.45. The maximum atomic E-state index is 13.7. The van der Waals surface area contributed by atoms with Crippen LogP contribution in [0.25, 0.3) is 0 Å². The van der Waals surface area contributed by atoms with E-state index in [1.165, 1.54) is 6.92 Å². The highest BCUT2D eigenvalue weighted by Gasteiger charge is 2.69. The Kier molecular flexibility index (Phi) is 6.47. The molecule has 0 aromatic rings. The first kappa shape index (κ1) is 22.7. The van der Waals surface area contributed by atoms with Crippen LogP contribution in [-0.2, 0) is 19.1 Å². The predicted octanol–water partition coefficient (Wildman–Crippen LogP) is 1.01. The molecule has 4 N–H and O–H groups in total. The first-order valence-electron chi connectivity index (χ1n) is 11.2. The number of nitrogens with one attached hydrogen (secondary N) is 4. The molecule has 5 aliphatic rings. The maximum absolute atomic E-state index is 13.7. The molecular formula is C21H32ClFN4O4. The summed E-state index contributed by atoms with van der Waals surface area (Å²) < 4.78 is 19.3. The number of amides is 3. The number of carbonyl (C=O) groups excluding carboxylic acids is 3. The summed E-state index contributed by atoms with van der Waals surface area (Å²) in [6.45, 7) is 1.38. The van der Waals surface area contributed by atoms with Crippen molar-refractivity contribution in [1.29, 1.82) is 0 Å². The van der Waals surface area contributed by atoms with Crippen LogP contribution in [0.1, 0.15) is 64.7 Å². The van der Waals surface area contributed by atoms with Crippen LogP contribution in [0.2, 0.25) is 0 Å². The predicted molar refractivity (Wildman–Crippen MR) is 112 cm³/mol. The summed E-state index contributed by atoms with van der Waals surface area (Å²) in [5.41, 5.74) is -0.503. The minimum Gasteiger partial charge on any atom is -0.368 e. The Labute approximate surface area is 186 Å². The lowest BCUT2D eigenvalue weighted by Gasteiger charge is -2.70. The Balaban J connectivity index is 1.15. The van der Waals surface area contributed by atoms with Gasteiger partial charge in [-0.1, -0.05) is 0 Å². The average molecular weight is 459 g/mol. The van der Waals surface area contributed by atoms with Gasteiger partial charge in [-0.05, 0) is 51.4 Å². The van der Waals surface area contributed by atoms with Crippen LogP contribution in [0.4, 0.5) is 4.39 Å². The zero-order valence-electron chi connectivity index (χ0n) is 17.8.